The Morgan fingerprint density at radius 2 is 2.07 bits per heavy atom. The first-order chi connectivity index (χ1) is 6.81. The van der Waals surface area contributed by atoms with Crippen molar-refractivity contribution in [3.05, 3.63) is 12.1 Å². The molecule has 0 radical (unpaired) electrons. The third-order valence-corrected chi connectivity index (χ3v) is 1.85. The zero-order valence-electron chi connectivity index (χ0n) is 7.53. The average Bonchev–Trinajstić information content (AvgIpc) is 2.61. The van der Waals surface area contributed by atoms with E-state index in [9.17, 15) is 0 Å². The maximum atomic E-state index is 8.59. The van der Waals surface area contributed by atoms with Crippen molar-refractivity contribution in [1.82, 2.24) is 0 Å². The summed E-state index contributed by atoms with van der Waals surface area (Å²) >= 11 is 0. The molecule has 5 heteroatoms. The summed E-state index contributed by atoms with van der Waals surface area (Å²) < 4.78 is 15.5. The molecule has 0 bridgehead atoms. The number of ether oxygens (including phenoxy) is 3. The maximum absolute atomic E-state index is 8.59. The molecule has 5 nitrogen and oxygen atoms in total. The number of fused-ring (bicyclic) bond motifs is 1. The van der Waals surface area contributed by atoms with E-state index in [-0.39, 0.29) is 20.0 Å². The summed E-state index contributed by atoms with van der Waals surface area (Å²) in [7, 11) is 0. The molecular weight excluding hydrogens is 186 g/mol. The summed E-state index contributed by atoms with van der Waals surface area (Å²) in [4.78, 5) is 0. The molecule has 0 unspecified atom stereocenters. The highest BCUT2D eigenvalue weighted by molar-refractivity contribution is 5.62. The molecule has 1 aliphatic heterocycles. The van der Waals surface area contributed by atoms with Gasteiger partial charge in [-0.15, -0.1) is 0 Å². The van der Waals surface area contributed by atoms with Crippen LogP contribution in [-0.2, 0) is 0 Å². The summed E-state index contributed by atoms with van der Waals surface area (Å²) in [6.07, 6.45) is 0. The van der Waals surface area contributed by atoms with Crippen LogP contribution in [0.5, 0.6) is 17.2 Å². The van der Waals surface area contributed by atoms with Crippen LogP contribution in [0.15, 0.2) is 12.1 Å². The van der Waals surface area contributed by atoms with Gasteiger partial charge in [0.1, 0.15) is 12.4 Å². The van der Waals surface area contributed by atoms with Crippen molar-refractivity contribution >= 4 is 5.69 Å². The van der Waals surface area contributed by atoms with Crippen LogP contribution >= 0.6 is 0 Å². The largest absolute Gasteiger partial charge is 0.489 e. The molecule has 0 saturated carbocycles. The number of nitrogens with two attached hydrogens (primary N) is 1. The van der Waals surface area contributed by atoms with E-state index in [0.717, 1.165) is 0 Å². The first kappa shape index (κ1) is 8.96. The van der Waals surface area contributed by atoms with Crippen LogP contribution in [-0.4, -0.2) is 25.1 Å². The van der Waals surface area contributed by atoms with Crippen molar-refractivity contribution in [3.63, 3.8) is 0 Å². The molecule has 1 aliphatic rings. The van der Waals surface area contributed by atoms with E-state index in [1.165, 1.54) is 0 Å². The van der Waals surface area contributed by atoms with Crippen LogP contribution in [0.3, 0.4) is 0 Å². The van der Waals surface area contributed by atoms with E-state index in [1.54, 1.807) is 12.1 Å². The Morgan fingerprint density at radius 3 is 2.79 bits per heavy atom. The second-order valence-electron chi connectivity index (χ2n) is 2.82. The molecule has 14 heavy (non-hydrogen) atoms. The smallest absolute Gasteiger partial charge is 0.231 e. The van der Waals surface area contributed by atoms with Crippen LogP contribution < -0.4 is 19.9 Å². The quantitative estimate of drug-likeness (QED) is 0.685. The van der Waals surface area contributed by atoms with Crippen molar-refractivity contribution in [2.24, 2.45) is 0 Å². The summed E-state index contributed by atoms with van der Waals surface area (Å²) in [5.74, 6) is 1.74. The van der Waals surface area contributed by atoms with Gasteiger partial charge in [0, 0.05) is 12.1 Å². The Morgan fingerprint density at radius 1 is 1.36 bits per heavy atom. The number of rotatable bonds is 3. The molecule has 3 N–H and O–H groups in total. The van der Waals surface area contributed by atoms with Gasteiger partial charge in [-0.3, -0.25) is 0 Å². The molecule has 1 heterocycles. The first-order valence-electron chi connectivity index (χ1n) is 4.24. The molecule has 2 rings (SSSR count). The monoisotopic (exact) mass is 197 g/mol. The number of hydrogen-bond acceptors (Lipinski definition) is 5. The highest BCUT2D eigenvalue weighted by Gasteiger charge is 2.16. The van der Waals surface area contributed by atoms with Gasteiger partial charge in [0.05, 0.1) is 12.3 Å². The average molecular weight is 197 g/mol. The predicted molar refractivity (Wildman–Crippen MR) is 49.6 cm³/mol. The van der Waals surface area contributed by atoms with Crippen molar-refractivity contribution < 1.29 is 19.3 Å². The minimum Gasteiger partial charge on any atom is -0.489 e. The first-order valence-corrected chi connectivity index (χ1v) is 4.24. The number of hydrogen-bond donors (Lipinski definition) is 2. The Labute approximate surface area is 81.0 Å². The van der Waals surface area contributed by atoms with Crippen LogP contribution in [0.25, 0.3) is 0 Å². The molecule has 0 aromatic heterocycles. The van der Waals surface area contributed by atoms with Crippen molar-refractivity contribution in [2.45, 2.75) is 0 Å². The fourth-order valence-corrected chi connectivity index (χ4v) is 1.22. The van der Waals surface area contributed by atoms with Crippen molar-refractivity contribution in [2.75, 3.05) is 25.7 Å². The molecular formula is C9H11NO4. The van der Waals surface area contributed by atoms with E-state index in [1.807, 2.05) is 0 Å². The summed E-state index contributed by atoms with van der Waals surface area (Å²) in [5.41, 5.74) is 6.17. The molecule has 0 saturated heterocycles. The van der Waals surface area contributed by atoms with Crippen LogP contribution in [0.1, 0.15) is 0 Å². The van der Waals surface area contributed by atoms with E-state index in [2.05, 4.69) is 0 Å². The summed E-state index contributed by atoms with van der Waals surface area (Å²) in [6.45, 7) is 0.371. The lowest BCUT2D eigenvalue weighted by molar-refractivity contribution is 0.173. The van der Waals surface area contributed by atoms with Crippen LogP contribution in [0.2, 0.25) is 0 Å². The minimum atomic E-state index is -0.0477. The summed E-state index contributed by atoms with van der Waals surface area (Å²) in [5, 5.41) is 8.59. The number of anilines is 1. The molecule has 0 aliphatic carbocycles. The zero-order valence-corrected chi connectivity index (χ0v) is 7.53. The highest BCUT2D eigenvalue weighted by Crippen LogP contribution is 2.39. The second-order valence-corrected chi connectivity index (χ2v) is 2.82. The lowest BCUT2D eigenvalue weighted by Gasteiger charge is -2.08. The summed E-state index contributed by atoms with van der Waals surface area (Å²) in [6, 6.07) is 3.31. The van der Waals surface area contributed by atoms with E-state index in [4.69, 9.17) is 25.1 Å². The normalized spacial score (nSPS) is 12.9. The minimum absolute atomic E-state index is 0.0477. The molecule has 1 aromatic rings. The van der Waals surface area contributed by atoms with Gasteiger partial charge in [0.2, 0.25) is 6.79 Å². The van der Waals surface area contributed by atoms with Crippen LogP contribution in [0.4, 0.5) is 5.69 Å². The Balaban J connectivity index is 2.23. The third-order valence-electron chi connectivity index (χ3n) is 1.85. The lowest BCUT2D eigenvalue weighted by Crippen LogP contribution is -2.03. The van der Waals surface area contributed by atoms with E-state index in [0.29, 0.717) is 22.9 Å². The number of nitrogen functional groups attached to an aromatic ring is 1. The van der Waals surface area contributed by atoms with Gasteiger partial charge in [-0.2, -0.15) is 0 Å². The van der Waals surface area contributed by atoms with Gasteiger partial charge < -0.3 is 25.1 Å². The SMILES string of the molecule is Nc1cc2c(cc1OCCO)OCO2. The molecule has 0 amide bonds. The van der Waals surface area contributed by atoms with Gasteiger partial charge in [0.15, 0.2) is 11.5 Å². The second kappa shape index (κ2) is 3.63. The van der Waals surface area contributed by atoms with E-state index >= 15 is 0 Å². The molecule has 0 spiro atoms. The van der Waals surface area contributed by atoms with E-state index < -0.39 is 0 Å². The number of aliphatic hydroxyl groups is 1. The fraction of sp³-hybridized carbons (Fsp3) is 0.333. The predicted octanol–water partition coefficient (Wildman–Crippen LogP) is 0.369. The molecule has 0 atom stereocenters. The molecule has 0 fully saturated rings. The van der Waals surface area contributed by atoms with Gasteiger partial charge in [-0.05, 0) is 0 Å². The maximum Gasteiger partial charge on any atom is 0.231 e. The van der Waals surface area contributed by atoms with Crippen LogP contribution in [0, 0.1) is 0 Å². The van der Waals surface area contributed by atoms with Gasteiger partial charge in [0.25, 0.3) is 0 Å². The van der Waals surface area contributed by atoms with Gasteiger partial charge in [-0.1, -0.05) is 0 Å². The molecule has 1 aromatic carbocycles. The highest BCUT2D eigenvalue weighted by atomic mass is 16.7. The fourth-order valence-electron chi connectivity index (χ4n) is 1.22. The van der Waals surface area contributed by atoms with Crippen molar-refractivity contribution in [3.8, 4) is 17.2 Å². The van der Waals surface area contributed by atoms with Crippen molar-refractivity contribution in [1.29, 1.82) is 0 Å². The number of aliphatic hydroxyl groups excluding tert-OH is 1. The Kier molecular flexibility index (Phi) is 2.32. The zero-order chi connectivity index (χ0) is 9.97. The topological polar surface area (TPSA) is 73.9 Å². The number of benzene rings is 1. The van der Waals surface area contributed by atoms with Gasteiger partial charge >= 0.3 is 0 Å². The third kappa shape index (κ3) is 1.54. The molecule has 76 valence electrons. The Hall–Kier alpha value is -1.62. The van der Waals surface area contributed by atoms with Gasteiger partial charge in [-0.25, -0.2) is 0 Å². The lowest BCUT2D eigenvalue weighted by atomic mass is 10.2. The standard InChI is InChI=1S/C9H11NO4/c10-6-3-8-9(14-5-13-8)4-7(6)12-2-1-11/h3-4,11H,1-2,5,10H2. The Bertz CT molecular complexity index is 340.